The van der Waals surface area contributed by atoms with Crippen LogP contribution in [0.25, 0.3) is 0 Å². The Labute approximate surface area is 71.0 Å². The highest BCUT2D eigenvalue weighted by molar-refractivity contribution is 5.44. The van der Waals surface area contributed by atoms with E-state index in [1.165, 1.54) is 12.8 Å². The minimum absolute atomic E-state index is 0.389. The summed E-state index contributed by atoms with van der Waals surface area (Å²) >= 11 is 0. The van der Waals surface area contributed by atoms with Crippen LogP contribution in [0.1, 0.15) is 30.3 Å². The van der Waals surface area contributed by atoms with E-state index < -0.39 is 0 Å². The molecule has 1 aromatic heterocycles. The second-order valence-electron chi connectivity index (χ2n) is 3.11. The Balaban J connectivity index is 2.36. The number of hydrogen-bond acceptors (Lipinski definition) is 4. The largest absolute Gasteiger partial charge is 0.396 e. The van der Waals surface area contributed by atoms with Crippen LogP contribution in [0.3, 0.4) is 0 Å². The molecule has 4 nitrogen and oxygen atoms in total. The zero-order valence-electron chi connectivity index (χ0n) is 6.83. The molecule has 64 valence electrons. The van der Waals surface area contributed by atoms with Gasteiger partial charge in [-0.15, -0.1) is 0 Å². The fourth-order valence-electron chi connectivity index (χ4n) is 1.22. The fourth-order valence-corrected chi connectivity index (χ4v) is 1.22. The van der Waals surface area contributed by atoms with Crippen LogP contribution in [0.2, 0.25) is 0 Å². The van der Waals surface area contributed by atoms with E-state index in [0.29, 0.717) is 24.0 Å². The molecular weight excluding hydrogens is 152 g/mol. The Hall–Kier alpha value is -1.16. The zero-order valence-corrected chi connectivity index (χ0v) is 6.83. The monoisotopic (exact) mass is 164 g/mol. The van der Waals surface area contributed by atoms with E-state index in [1.807, 2.05) is 0 Å². The van der Waals surface area contributed by atoms with Crippen LogP contribution in [0.5, 0.6) is 0 Å². The Morgan fingerprint density at radius 3 is 2.83 bits per heavy atom. The lowest BCUT2D eigenvalue weighted by Gasteiger charge is -2.03. The quantitative estimate of drug-likeness (QED) is 0.663. The van der Waals surface area contributed by atoms with Crippen LogP contribution >= 0.6 is 0 Å². The van der Waals surface area contributed by atoms with Gasteiger partial charge < -0.3 is 11.5 Å². The molecule has 0 aliphatic heterocycles. The van der Waals surface area contributed by atoms with Gasteiger partial charge in [-0.25, -0.2) is 9.97 Å². The summed E-state index contributed by atoms with van der Waals surface area (Å²) in [4.78, 5) is 8.30. The van der Waals surface area contributed by atoms with Crippen molar-refractivity contribution in [1.82, 2.24) is 9.97 Å². The third-order valence-corrected chi connectivity index (χ3v) is 2.04. The van der Waals surface area contributed by atoms with Crippen LogP contribution in [0.15, 0.2) is 6.20 Å². The highest BCUT2D eigenvalue weighted by atomic mass is 14.9. The van der Waals surface area contributed by atoms with E-state index in [1.54, 1.807) is 6.20 Å². The van der Waals surface area contributed by atoms with Crippen molar-refractivity contribution in [2.75, 3.05) is 5.73 Å². The van der Waals surface area contributed by atoms with Gasteiger partial charge in [-0.3, -0.25) is 0 Å². The van der Waals surface area contributed by atoms with Gasteiger partial charge in [0, 0.05) is 5.92 Å². The lowest BCUT2D eigenvalue weighted by molar-refractivity contribution is 0.867. The first kappa shape index (κ1) is 7.49. The van der Waals surface area contributed by atoms with E-state index in [-0.39, 0.29) is 0 Å². The van der Waals surface area contributed by atoms with Crippen molar-refractivity contribution in [2.45, 2.75) is 25.3 Å². The molecule has 1 aliphatic carbocycles. The summed E-state index contributed by atoms with van der Waals surface area (Å²) in [6.07, 6.45) is 4.05. The fraction of sp³-hybridized carbons (Fsp3) is 0.500. The molecule has 0 spiro atoms. The summed E-state index contributed by atoms with van der Waals surface area (Å²) in [6, 6.07) is 0. The highest BCUT2D eigenvalue weighted by Gasteiger charge is 2.27. The molecule has 12 heavy (non-hydrogen) atoms. The minimum Gasteiger partial charge on any atom is -0.396 e. The molecule has 0 saturated heterocycles. The number of rotatable bonds is 2. The van der Waals surface area contributed by atoms with E-state index >= 15 is 0 Å². The van der Waals surface area contributed by atoms with Crippen molar-refractivity contribution in [1.29, 1.82) is 0 Å². The SMILES string of the molecule is NCc1ncc(N)c(C2CC2)n1. The van der Waals surface area contributed by atoms with Crippen LogP contribution in [-0.4, -0.2) is 9.97 Å². The Morgan fingerprint density at radius 1 is 1.50 bits per heavy atom. The average Bonchev–Trinajstić information content (AvgIpc) is 2.88. The average molecular weight is 164 g/mol. The van der Waals surface area contributed by atoms with Gasteiger partial charge in [0.25, 0.3) is 0 Å². The summed E-state index contributed by atoms with van der Waals surface area (Å²) in [5.41, 5.74) is 12.8. The summed E-state index contributed by atoms with van der Waals surface area (Å²) in [5, 5.41) is 0. The van der Waals surface area contributed by atoms with Gasteiger partial charge in [0.2, 0.25) is 0 Å². The number of nitrogens with two attached hydrogens (primary N) is 2. The first-order valence-corrected chi connectivity index (χ1v) is 4.12. The molecule has 1 aliphatic rings. The number of nitrogens with zero attached hydrogens (tertiary/aromatic N) is 2. The third kappa shape index (κ3) is 1.25. The van der Waals surface area contributed by atoms with Gasteiger partial charge in [-0.2, -0.15) is 0 Å². The van der Waals surface area contributed by atoms with Gasteiger partial charge in [-0.1, -0.05) is 0 Å². The number of hydrogen-bond donors (Lipinski definition) is 2. The van der Waals surface area contributed by atoms with Crippen molar-refractivity contribution in [2.24, 2.45) is 5.73 Å². The molecule has 1 heterocycles. The van der Waals surface area contributed by atoms with E-state index in [2.05, 4.69) is 9.97 Å². The minimum atomic E-state index is 0.389. The van der Waals surface area contributed by atoms with Gasteiger partial charge in [0.05, 0.1) is 24.1 Å². The lowest BCUT2D eigenvalue weighted by Crippen LogP contribution is -2.07. The molecular formula is C8H12N4. The van der Waals surface area contributed by atoms with E-state index in [0.717, 1.165) is 5.69 Å². The van der Waals surface area contributed by atoms with E-state index in [9.17, 15) is 0 Å². The smallest absolute Gasteiger partial charge is 0.142 e. The first-order valence-electron chi connectivity index (χ1n) is 4.12. The van der Waals surface area contributed by atoms with Crippen LogP contribution < -0.4 is 11.5 Å². The zero-order chi connectivity index (χ0) is 8.55. The van der Waals surface area contributed by atoms with E-state index in [4.69, 9.17) is 11.5 Å². The maximum atomic E-state index is 5.72. The lowest BCUT2D eigenvalue weighted by atomic mass is 10.2. The second-order valence-corrected chi connectivity index (χ2v) is 3.11. The molecule has 1 fully saturated rings. The molecule has 0 unspecified atom stereocenters. The molecule has 1 saturated carbocycles. The molecule has 0 amide bonds. The molecule has 1 aromatic rings. The number of nitrogen functional groups attached to an aromatic ring is 1. The Kier molecular flexibility index (Phi) is 1.69. The molecule has 0 aromatic carbocycles. The Bertz CT molecular complexity index is 293. The molecule has 2 rings (SSSR count). The summed E-state index contributed by atoms with van der Waals surface area (Å²) in [6.45, 7) is 0.389. The second kappa shape index (κ2) is 2.71. The summed E-state index contributed by atoms with van der Waals surface area (Å²) < 4.78 is 0. The van der Waals surface area contributed by atoms with Crippen LogP contribution in [0.4, 0.5) is 5.69 Å². The normalized spacial score (nSPS) is 16.4. The maximum Gasteiger partial charge on any atom is 0.142 e. The molecule has 0 bridgehead atoms. The number of aromatic nitrogens is 2. The van der Waals surface area contributed by atoms with Gasteiger partial charge >= 0.3 is 0 Å². The summed E-state index contributed by atoms with van der Waals surface area (Å²) in [7, 11) is 0. The molecule has 4 N–H and O–H groups in total. The third-order valence-electron chi connectivity index (χ3n) is 2.04. The topological polar surface area (TPSA) is 77.8 Å². The van der Waals surface area contributed by atoms with Crippen molar-refractivity contribution < 1.29 is 0 Å². The van der Waals surface area contributed by atoms with Crippen molar-refractivity contribution in [3.8, 4) is 0 Å². The maximum absolute atomic E-state index is 5.72. The van der Waals surface area contributed by atoms with Crippen LogP contribution in [-0.2, 0) is 6.54 Å². The van der Waals surface area contributed by atoms with Gasteiger partial charge in [0.1, 0.15) is 5.82 Å². The molecule has 0 radical (unpaired) electrons. The standard InChI is InChI=1S/C8H12N4/c9-3-7-11-4-6(10)8(12-7)5-1-2-5/h4-5H,1-3,9-10H2. The summed E-state index contributed by atoms with van der Waals surface area (Å²) in [5.74, 6) is 1.25. The van der Waals surface area contributed by atoms with Crippen molar-refractivity contribution in [3.63, 3.8) is 0 Å². The molecule has 0 atom stereocenters. The number of anilines is 1. The predicted molar refractivity (Wildman–Crippen MR) is 46.3 cm³/mol. The highest BCUT2D eigenvalue weighted by Crippen LogP contribution is 2.41. The van der Waals surface area contributed by atoms with Gasteiger partial charge in [0.15, 0.2) is 0 Å². The van der Waals surface area contributed by atoms with Gasteiger partial charge in [-0.05, 0) is 12.8 Å². The Morgan fingerprint density at radius 2 is 2.25 bits per heavy atom. The molecule has 4 heteroatoms. The first-order chi connectivity index (χ1) is 5.81. The van der Waals surface area contributed by atoms with Crippen LogP contribution in [0, 0.1) is 0 Å². The predicted octanol–water partition coefficient (Wildman–Crippen LogP) is 0.395. The van der Waals surface area contributed by atoms with Crippen molar-refractivity contribution >= 4 is 5.69 Å². The van der Waals surface area contributed by atoms with Crippen molar-refractivity contribution in [3.05, 3.63) is 17.7 Å².